The van der Waals surface area contributed by atoms with Gasteiger partial charge in [0, 0.05) is 26.1 Å². The fraction of sp³-hybridized carbons (Fsp3) is 0.526. The van der Waals surface area contributed by atoms with Crippen molar-refractivity contribution in [1.29, 1.82) is 0 Å². The van der Waals surface area contributed by atoms with Gasteiger partial charge in [0.2, 0.25) is 5.82 Å². The van der Waals surface area contributed by atoms with Gasteiger partial charge in [-0.1, -0.05) is 30.7 Å². The molecule has 1 spiro atoms. The molecule has 1 aromatic heterocycles. The largest absolute Gasteiger partial charge is 0.336 e. The summed E-state index contributed by atoms with van der Waals surface area (Å²) in [7, 11) is 0. The number of carbonyl (C=O) groups is 1. The molecule has 2 saturated heterocycles. The summed E-state index contributed by atoms with van der Waals surface area (Å²) < 4.78 is 1.70. The van der Waals surface area contributed by atoms with Crippen molar-refractivity contribution >= 4 is 29.9 Å². The Hall–Kier alpha value is -1.63. The molecule has 2 aliphatic heterocycles. The van der Waals surface area contributed by atoms with Gasteiger partial charge in [-0.05, 0) is 43.4 Å². The highest BCUT2D eigenvalue weighted by Crippen LogP contribution is 2.37. The first-order chi connectivity index (χ1) is 12.6. The van der Waals surface area contributed by atoms with E-state index in [0.29, 0.717) is 16.9 Å². The van der Waals surface area contributed by atoms with E-state index >= 15 is 0 Å². The van der Waals surface area contributed by atoms with Gasteiger partial charge in [-0.25, -0.2) is 9.67 Å². The van der Waals surface area contributed by atoms with E-state index in [4.69, 9.17) is 11.6 Å². The van der Waals surface area contributed by atoms with Gasteiger partial charge in [-0.2, -0.15) is 0 Å². The zero-order valence-corrected chi connectivity index (χ0v) is 17.0. The van der Waals surface area contributed by atoms with Crippen LogP contribution >= 0.6 is 24.0 Å². The van der Waals surface area contributed by atoms with Gasteiger partial charge in [-0.3, -0.25) is 4.79 Å². The lowest BCUT2D eigenvalue weighted by Crippen LogP contribution is -2.44. The van der Waals surface area contributed by atoms with Crippen LogP contribution in [-0.4, -0.2) is 51.8 Å². The van der Waals surface area contributed by atoms with Crippen LogP contribution in [0.1, 0.15) is 42.6 Å². The molecule has 0 radical (unpaired) electrons. The number of carbonyl (C=O) groups excluding carboxylic acids is 1. The zero-order valence-electron chi connectivity index (χ0n) is 15.4. The minimum atomic E-state index is -0.0775. The summed E-state index contributed by atoms with van der Waals surface area (Å²) in [6.45, 7) is 5.74. The smallest absolute Gasteiger partial charge is 0.293 e. The monoisotopic (exact) mass is 409 g/mol. The highest BCUT2D eigenvalue weighted by molar-refractivity contribution is 6.32. The number of amides is 1. The highest BCUT2D eigenvalue weighted by atomic mass is 35.5. The number of aryl methyl sites for hydroxylation is 1. The van der Waals surface area contributed by atoms with Crippen LogP contribution in [0.3, 0.4) is 0 Å². The second kappa shape index (κ2) is 8.17. The number of nitrogens with one attached hydrogen (secondary N) is 1. The molecular weight excluding hydrogens is 385 g/mol. The Morgan fingerprint density at radius 3 is 2.63 bits per heavy atom. The van der Waals surface area contributed by atoms with Crippen LogP contribution in [0, 0.1) is 5.41 Å². The van der Waals surface area contributed by atoms with Gasteiger partial charge in [0.25, 0.3) is 5.91 Å². The molecule has 1 aromatic carbocycles. The maximum Gasteiger partial charge on any atom is 0.293 e. The summed E-state index contributed by atoms with van der Waals surface area (Å²) in [6, 6.07) is 7.49. The van der Waals surface area contributed by atoms with E-state index in [1.54, 1.807) is 4.68 Å². The molecule has 3 heterocycles. The number of hydrogen-bond donors (Lipinski definition) is 1. The normalized spacial score (nSPS) is 18.5. The van der Waals surface area contributed by atoms with E-state index in [1.807, 2.05) is 36.1 Å². The Balaban J connectivity index is 0.00000210. The Labute approximate surface area is 170 Å². The average Bonchev–Trinajstić information content (AvgIpc) is 3.29. The summed E-state index contributed by atoms with van der Waals surface area (Å²) in [4.78, 5) is 19.3. The average molecular weight is 410 g/mol. The summed E-state index contributed by atoms with van der Waals surface area (Å²) in [6.07, 6.45) is 4.00. The molecule has 8 heteroatoms. The molecule has 1 amide bonds. The van der Waals surface area contributed by atoms with Crippen LogP contribution in [0.25, 0.3) is 5.69 Å². The SMILES string of the molecule is CCc1nc(C(=O)N2CCC3(CCNC3)CC2)nn1-c1ccccc1Cl.Cl. The molecule has 2 fully saturated rings. The quantitative estimate of drug-likeness (QED) is 0.845. The van der Waals surface area contributed by atoms with Crippen molar-refractivity contribution in [3.8, 4) is 5.69 Å². The molecule has 4 rings (SSSR count). The number of piperidine rings is 1. The number of rotatable bonds is 3. The molecule has 1 N–H and O–H groups in total. The Morgan fingerprint density at radius 1 is 1.26 bits per heavy atom. The molecule has 0 bridgehead atoms. The number of likely N-dealkylation sites (tertiary alicyclic amines) is 1. The predicted molar refractivity (Wildman–Crippen MR) is 108 cm³/mol. The standard InChI is InChI=1S/C19H24ClN5O.ClH/c1-2-16-22-17(23-25(16)15-6-4-3-5-14(15)20)18(26)24-11-8-19(9-12-24)7-10-21-13-19;/h3-6,21H,2,7-13H2,1H3;1H. The molecule has 0 unspecified atom stereocenters. The van der Waals surface area contributed by atoms with E-state index in [2.05, 4.69) is 15.4 Å². The van der Waals surface area contributed by atoms with E-state index in [0.717, 1.165) is 50.5 Å². The zero-order chi connectivity index (χ0) is 18.1. The van der Waals surface area contributed by atoms with Crippen molar-refractivity contribution in [1.82, 2.24) is 25.0 Å². The molecule has 0 aliphatic carbocycles. The van der Waals surface area contributed by atoms with Crippen molar-refractivity contribution in [3.05, 3.63) is 40.9 Å². The third kappa shape index (κ3) is 3.84. The van der Waals surface area contributed by atoms with Gasteiger partial charge in [0.05, 0.1) is 10.7 Å². The molecule has 2 aromatic rings. The van der Waals surface area contributed by atoms with E-state index in [1.165, 1.54) is 6.42 Å². The van der Waals surface area contributed by atoms with Gasteiger partial charge < -0.3 is 10.2 Å². The Kier molecular flexibility index (Phi) is 6.08. The summed E-state index contributed by atoms with van der Waals surface area (Å²) >= 11 is 6.30. The summed E-state index contributed by atoms with van der Waals surface area (Å²) in [5.41, 5.74) is 1.14. The van der Waals surface area contributed by atoms with Crippen LogP contribution < -0.4 is 5.32 Å². The third-order valence-electron chi connectivity index (χ3n) is 5.71. The van der Waals surface area contributed by atoms with Crippen LogP contribution in [0.2, 0.25) is 5.02 Å². The lowest BCUT2D eigenvalue weighted by Gasteiger charge is -2.38. The number of nitrogens with zero attached hydrogens (tertiary/aromatic N) is 4. The minimum absolute atomic E-state index is 0. The van der Waals surface area contributed by atoms with Crippen molar-refractivity contribution in [2.24, 2.45) is 5.41 Å². The van der Waals surface area contributed by atoms with Crippen LogP contribution in [0.4, 0.5) is 0 Å². The fourth-order valence-electron chi connectivity index (χ4n) is 4.03. The van der Waals surface area contributed by atoms with E-state index in [-0.39, 0.29) is 24.1 Å². The van der Waals surface area contributed by atoms with E-state index in [9.17, 15) is 4.79 Å². The number of para-hydroxylation sites is 1. The van der Waals surface area contributed by atoms with Crippen molar-refractivity contribution in [3.63, 3.8) is 0 Å². The van der Waals surface area contributed by atoms with Crippen molar-refractivity contribution in [2.45, 2.75) is 32.6 Å². The number of halogens is 2. The number of benzene rings is 1. The molecule has 6 nitrogen and oxygen atoms in total. The second-order valence-electron chi connectivity index (χ2n) is 7.29. The first kappa shape index (κ1) is 20.1. The predicted octanol–water partition coefficient (Wildman–Crippen LogP) is 3.12. The van der Waals surface area contributed by atoms with Crippen LogP contribution in [0.15, 0.2) is 24.3 Å². The highest BCUT2D eigenvalue weighted by Gasteiger charge is 2.38. The van der Waals surface area contributed by atoms with Crippen LogP contribution in [0.5, 0.6) is 0 Å². The molecule has 27 heavy (non-hydrogen) atoms. The second-order valence-corrected chi connectivity index (χ2v) is 7.69. The Bertz CT molecular complexity index is 806. The topological polar surface area (TPSA) is 63.1 Å². The number of hydrogen-bond acceptors (Lipinski definition) is 4. The minimum Gasteiger partial charge on any atom is -0.336 e. The molecular formula is C19H25Cl2N5O. The van der Waals surface area contributed by atoms with Crippen molar-refractivity contribution < 1.29 is 4.79 Å². The summed E-state index contributed by atoms with van der Waals surface area (Å²) in [5.74, 6) is 0.934. The van der Waals surface area contributed by atoms with E-state index < -0.39 is 0 Å². The molecule has 146 valence electrons. The first-order valence-corrected chi connectivity index (χ1v) is 9.70. The first-order valence-electron chi connectivity index (χ1n) is 9.33. The van der Waals surface area contributed by atoms with Gasteiger partial charge in [-0.15, -0.1) is 17.5 Å². The van der Waals surface area contributed by atoms with Crippen molar-refractivity contribution in [2.75, 3.05) is 26.2 Å². The number of aromatic nitrogens is 3. The fourth-order valence-corrected chi connectivity index (χ4v) is 4.24. The molecule has 2 aliphatic rings. The van der Waals surface area contributed by atoms with Gasteiger partial charge in [0.1, 0.15) is 5.82 Å². The maximum absolute atomic E-state index is 12.9. The third-order valence-corrected chi connectivity index (χ3v) is 6.03. The van der Waals surface area contributed by atoms with Gasteiger partial charge in [0.15, 0.2) is 0 Å². The lowest BCUT2D eigenvalue weighted by molar-refractivity contribution is 0.0596. The lowest BCUT2D eigenvalue weighted by atomic mass is 9.78. The molecule has 0 saturated carbocycles. The Morgan fingerprint density at radius 2 is 2.00 bits per heavy atom. The van der Waals surface area contributed by atoms with Gasteiger partial charge >= 0.3 is 0 Å². The van der Waals surface area contributed by atoms with Crippen LogP contribution in [-0.2, 0) is 6.42 Å². The molecule has 0 atom stereocenters. The maximum atomic E-state index is 12.9. The summed E-state index contributed by atoms with van der Waals surface area (Å²) in [5, 5.41) is 8.55.